The number of fused-ring (bicyclic) bond motifs is 1. The molecule has 3 aromatic rings. The molecule has 0 saturated heterocycles. The molecule has 0 amide bonds. The molecule has 0 bridgehead atoms. The second kappa shape index (κ2) is 5.61. The van der Waals surface area contributed by atoms with Gasteiger partial charge in [-0.1, -0.05) is 15.9 Å². The Morgan fingerprint density at radius 1 is 1.14 bits per heavy atom. The molecule has 4 nitrogen and oxygen atoms in total. The van der Waals surface area contributed by atoms with Crippen LogP contribution in [0.15, 0.2) is 53.3 Å². The van der Waals surface area contributed by atoms with Gasteiger partial charge < -0.3 is 15.8 Å². The van der Waals surface area contributed by atoms with Crippen molar-refractivity contribution in [3.8, 4) is 5.75 Å². The first-order valence-electron chi connectivity index (χ1n) is 6.41. The number of nitrogens with one attached hydrogen (secondary N) is 1. The van der Waals surface area contributed by atoms with E-state index in [9.17, 15) is 0 Å². The molecule has 2 aromatic carbocycles. The molecule has 5 heteroatoms. The Labute approximate surface area is 131 Å². The molecule has 0 radical (unpaired) electrons. The van der Waals surface area contributed by atoms with E-state index in [2.05, 4.69) is 26.2 Å². The molecule has 106 valence electrons. The quantitative estimate of drug-likeness (QED) is 0.694. The average molecular weight is 344 g/mol. The first-order chi connectivity index (χ1) is 10.2. The van der Waals surface area contributed by atoms with Crippen molar-refractivity contribution >= 4 is 43.8 Å². The van der Waals surface area contributed by atoms with E-state index in [-0.39, 0.29) is 0 Å². The fraction of sp³-hybridized carbons (Fsp3) is 0.0625. The number of halogens is 1. The number of rotatable bonds is 3. The Morgan fingerprint density at radius 3 is 2.81 bits per heavy atom. The largest absolute Gasteiger partial charge is 0.497 e. The maximum Gasteiger partial charge on any atom is 0.122 e. The molecule has 0 spiro atoms. The Hall–Kier alpha value is -2.27. The van der Waals surface area contributed by atoms with Crippen LogP contribution in [0.5, 0.6) is 5.75 Å². The van der Waals surface area contributed by atoms with Crippen molar-refractivity contribution in [3.05, 3.63) is 53.3 Å². The third-order valence-corrected chi connectivity index (χ3v) is 3.70. The second-order valence-electron chi connectivity index (χ2n) is 4.63. The maximum absolute atomic E-state index is 5.99. The van der Waals surface area contributed by atoms with Gasteiger partial charge in [0.25, 0.3) is 0 Å². The van der Waals surface area contributed by atoms with E-state index >= 15 is 0 Å². The smallest absolute Gasteiger partial charge is 0.122 e. The fourth-order valence-corrected chi connectivity index (χ4v) is 2.70. The summed E-state index contributed by atoms with van der Waals surface area (Å²) in [5.41, 5.74) is 8.62. The van der Waals surface area contributed by atoms with Crippen LogP contribution in [0.1, 0.15) is 0 Å². The van der Waals surface area contributed by atoms with Crippen molar-refractivity contribution < 1.29 is 4.74 Å². The topological polar surface area (TPSA) is 60.2 Å². The lowest BCUT2D eigenvalue weighted by molar-refractivity contribution is 0.415. The standard InChI is InChI=1S/C16H14BrN3O/c1-21-12-7-10(17)6-11(8-12)20-16-3-2-15(18)14-9-19-5-4-13(14)16/h2-9,20H,18H2,1H3. The van der Waals surface area contributed by atoms with Crippen LogP contribution in [-0.4, -0.2) is 12.1 Å². The summed E-state index contributed by atoms with van der Waals surface area (Å²) in [6, 6.07) is 11.6. The first kappa shape index (κ1) is 13.7. The molecular formula is C16H14BrN3O. The highest BCUT2D eigenvalue weighted by molar-refractivity contribution is 9.10. The SMILES string of the molecule is COc1cc(Br)cc(Nc2ccc(N)c3cnccc23)c1. The molecular weight excluding hydrogens is 330 g/mol. The summed E-state index contributed by atoms with van der Waals surface area (Å²) in [5, 5.41) is 5.36. The van der Waals surface area contributed by atoms with Gasteiger partial charge in [-0.25, -0.2) is 0 Å². The molecule has 0 aliphatic rings. The van der Waals surface area contributed by atoms with E-state index in [1.54, 1.807) is 19.5 Å². The number of benzene rings is 2. The van der Waals surface area contributed by atoms with Crippen molar-refractivity contribution in [2.45, 2.75) is 0 Å². The lowest BCUT2D eigenvalue weighted by Gasteiger charge is -2.12. The van der Waals surface area contributed by atoms with Gasteiger partial charge in [-0.15, -0.1) is 0 Å². The molecule has 3 N–H and O–H groups in total. The highest BCUT2D eigenvalue weighted by atomic mass is 79.9. The van der Waals surface area contributed by atoms with E-state index < -0.39 is 0 Å². The van der Waals surface area contributed by atoms with Gasteiger partial charge in [0, 0.05) is 50.8 Å². The normalized spacial score (nSPS) is 10.6. The Bertz CT molecular complexity index is 805. The minimum absolute atomic E-state index is 0.718. The zero-order valence-corrected chi connectivity index (χ0v) is 13.0. The van der Waals surface area contributed by atoms with Gasteiger partial charge in [-0.05, 0) is 30.3 Å². The summed E-state index contributed by atoms with van der Waals surface area (Å²) < 4.78 is 6.23. The summed E-state index contributed by atoms with van der Waals surface area (Å²) in [4.78, 5) is 4.13. The van der Waals surface area contributed by atoms with Crippen LogP contribution in [-0.2, 0) is 0 Å². The number of nitrogens with two attached hydrogens (primary N) is 1. The lowest BCUT2D eigenvalue weighted by Crippen LogP contribution is -1.95. The van der Waals surface area contributed by atoms with Crippen LogP contribution in [0.2, 0.25) is 0 Å². The van der Waals surface area contributed by atoms with Gasteiger partial charge in [-0.2, -0.15) is 0 Å². The number of hydrogen-bond donors (Lipinski definition) is 2. The van der Waals surface area contributed by atoms with Crippen LogP contribution in [0.4, 0.5) is 17.1 Å². The maximum atomic E-state index is 5.99. The second-order valence-corrected chi connectivity index (χ2v) is 5.54. The van der Waals surface area contributed by atoms with Crippen molar-refractivity contribution in [2.24, 2.45) is 0 Å². The number of pyridine rings is 1. The average Bonchev–Trinajstić information content (AvgIpc) is 2.50. The van der Waals surface area contributed by atoms with Gasteiger partial charge in [0.15, 0.2) is 0 Å². The number of nitrogen functional groups attached to an aromatic ring is 1. The zero-order chi connectivity index (χ0) is 14.8. The van der Waals surface area contributed by atoms with Crippen molar-refractivity contribution in [1.82, 2.24) is 4.98 Å². The summed E-state index contributed by atoms with van der Waals surface area (Å²) in [5.74, 6) is 0.785. The highest BCUT2D eigenvalue weighted by Crippen LogP contribution is 2.32. The minimum Gasteiger partial charge on any atom is -0.497 e. The van der Waals surface area contributed by atoms with E-state index in [0.717, 1.165) is 38.1 Å². The molecule has 0 saturated carbocycles. The molecule has 0 unspecified atom stereocenters. The molecule has 0 atom stereocenters. The third kappa shape index (κ3) is 2.78. The predicted molar refractivity (Wildman–Crippen MR) is 90.1 cm³/mol. The molecule has 0 aliphatic carbocycles. The van der Waals surface area contributed by atoms with E-state index in [1.165, 1.54) is 0 Å². The van der Waals surface area contributed by atoms with E-state index in [0.29, 0.717) is 0 Å². The minimum atomic E-state index is 0.718. The van der Waals surface area contributed by atoms with Crippen LogP contribution >= 0.6 is 15.9 Å². The molecule has 0 fully saturated rings. The number of aromatic nitrogens is 1. The number of hydrogen-bond acceptors (Lipinski definition) is 4. The van der Waals surface area contributed by atoms with Crippen LogP contribution in [0.25, 0.3) is 10.8 Å². The third-order valence-electron chi connectivity index (χ3n) is 3.24. The van der Waals surface area contributed by atoms with Gasteiger partial charge in [0.1, 0.15) is 5.75 Å². The van der Waals surface area contributed by atoms with Crippen molar-refractivity contribution in [3.63, 3.8) is 0 Å². The fourth-order valence-electron chi connectivity index (χ4n) is 2.23. The molecule has 0 aliphatic heterocycles. The molecule has 1 heterocycles. The number of methoxy groups -OCH3 is 1. The monoisotopic (exact) mass is 343 g/mol. The zero-order valence-electron chi connectivity index (χ0n) is 11.4. The number of ether oxygens (including phenoxy) is 1. The predicted octanol–water partition coefficient (Wildman–Crippen LogP) is 4.33. The molecule has 1 aromatic heterocycles. The number of anilines is 3. The van der Waals surface area contributed by atoms with Crippen molar-refractivity contribution in [2.75, 3.05) is 18.2 Å². The van der Waals surface area contributed by atoms with Gasteiger partial charge in [0.05, 0.1) is 7.11 Å². The van der Waals surface area contributed by atoms with Crippen molar-refractivity contribution in [1.29, 1.82) is 0 Å². The first-order valence-corrected chi connectivity index (χ1v) is 7.20. The Balaban J connectivity index is 2.06. The molecule has 21 heavy (non-hydrogen) atoms. The summed E-state index contributed by atoms with van der Waals surface area (Å²) in [6.45, 7) is 0. The van der Waals surface area contributed by atoms with Crippen LogP contribution in [0, 0.1) is 0 Å². The number of nitrogens with zero attached hydrogens (tertiary/aromatic N) is 1. The summed E-state index contributed by atoms with van der Waals surface area (Å²) in [6.07, 6.45) is 3.53. The van der Waals surface area contributed by atoms with Crippen LogP contribution < -0.4 is 15.8 Å². The van der Waals surface area contributed by atoms with Gasteiger partial charge >= 0.3 is 0 Å². The summed E-state index contributed by atoms with van der Waals surface area (Å²) in [7, 11) is 1.65. The Morgan fingerprint density at radius 2 is 2.00 bits per heavy atom. The lowest BCUT2D eigenvalue weighted by atomic mass is 10.1. The molecule has 3 rings (SSSR count). The Kier molecular flexibility index (Phi) is 3.66. The van der Waals surface area contributed by atoms with Crippen LogP contribution in [0.3, 0.4) is 0 Å². The summed E-state index contributed by atoms with van der Waals surface area (Å²) >= 11 is 3.48. The van der Waals surface area contributed by atoms with Gasteiger partial charge in [-0.3, -0.25) is 4.98 Å². The van der Waals surface area contributed by atoms with E-state index in [4.69, 9.17) is 10.5 Å². The van der Waals surface area contributed by atoms with E-state index in [1.807, 2.05) is 36.4 Å². The van der Waals surface area contributed by atoms with Gasteiger partial charge in [0.2, 0.25) is 0 Å². The highest BCUT2D eigenvalue weighted by Gasteiger charge is 2.06.